The molecule has 1 aliphatic carbocycles. The molecule has 1 rings (SSSR count). The Morgan fingerprint density at radius 1 is 1.38 bits per heavy atom. The van der Waals surface area contributed by atoms with Crippen LogP contribution in [0.5, 0.6) is 0 Å². The van der Waals surface area contributed by atoms with E-state index in [9.17, 15) is 4.79 Å². The van der Waals surface area contributed by atoms with Crippen LogP contribution >= 0.6 is 0 Å². The second-order valence-corrected chi connectivity index (χ2v) is 4.25. The fraction of sp³-hybridized carbons (Fsp3) is 0.900. The average Bonchev–Trinajstić information content (AvgIpc) is 2.03. The molecule has 0 aliphatic heterocycles. The van der Waals surface area contributed by atoms with E-state index < -0.39 is 5.97 Å². The van der Waals surface area contributed by atoms with Crippen molar-refractivity contribution in [1.82, 2.24) is 4.90 Å². The molecule has 1 fully saturated rings. The van der Waals surface area contributed by atoms with E-state index in [1.807, 2.05) is 14.1 Å². The van der Waals surface area contributed by atoms with Crippen molar-refractivity contribution < 1.29 is 9.90 Å². The number of hydrogen-bond acceptors (Lipinski definition) is 2. The van der Waals surface area contributed by atoms with Crippen molar-refractivity contribution in [3.05, 3.63) is 0 Å². The molecule has 0 saturated heterocycles. The lowest BCUT2D eigenvalue weighted by molar-refractivity contribution is -0.145. The van der Waals surface area contributed by atoms with Crippen molar-refractivity contribution >= 4 is 5.97 Å². The van der Waals surface area contributed by atoms with Gasteiger partial charge >= 0.3 is 5.97 Å². The minimum atomic E-state index is -0.605. The van der Waals surface area contributed by atoms with Crippen LogP contribution in [0.15, 0.2) is 0 Å². The summed E-state index contributed by atoms with van der Waals surface area (Å²) in [7, 11) is 4.01. The third kappa shape index (κ3) is 2.99. The summed E-state index contributed by atoms with van der Waals surface area (Å²) in [6.45, 7) is 0.914. The summed E-state index contributed by atoms with van der Waals surface area (Å²) in [5.74, 6) is -0.344. The number of carbonyl (C=O) groups is 1. The summed E-state index contributed by atoms with van der Waals surface area (Å²) < 4.78 is 0. The highest BCUT2D eigenvalue weighted by molar-refractivity contribution is 5.70. The van der Waals surface area contributed by atoms with Gasteiger partial charge in [-0.3, -0.25) is 4.79 Å². The maximum absolute atomic E-state index is 10.9. The lowest BCUT2D eigenvalue weighted by Crippen LogP contribution is -2.34. The van der Waals surface area contributed by atoms with Crippen LogP contribution in [0.2, 0.25) is 0 Å². The minimum absolute atomic E-state index is 0.101. The topological polar surface area (TPSA) is 40.5 Å². The summed E-state index contributed by atoms with van der Waals surface area (Å²) >= 11 is 0. The minimum Gasteiger partial charge on any atom is -0.481 e. The largest absolute Gasteiger partial charge is 0.481 e. The fourth-order valence-electron chi connectivity index (χ4n) is 2.22. The molecular weight excluding hydrogens is 166 g/mol. The zero-order valence-corrected chi connectivity index (χ0v) is 8.49. The SMILES string of the molecule is CN(C)CC1CCCCC1C(=O)O. The van der Waals surface area contributed by atoms with E-state index in [1.165, 1.54) is 6.42 Å². The number of hydrogen-bond donors (Lipinski definition) is 1. The molecule has 0 aromatic heterocycles. The summed E-state index contributed by atoms with van der Waals surface area (Å²) in [5, 5.41) is 9.00. The first-order valence-electron chi connectivity index (χ1n) is 4.99. The Morgan fingerprint density at radius 2 is 2.00 bits per heavy atom. The molecule has 3 heteroatoms. The van der Waals surface area contributed by atoms with Crippen molar-refractivity contribution in [3.63, 3.8) is 0 Å². The van der Waals surface area contributed by atoms with Gasteiger partial charge in [0, 0.05) is 6.54 Å². The number of aliphatic carboxylic acids is 1. The molecule has 2 atom stereocenters. The van der Waals surface area contributed by atoms with Gasteiger partial charge in [-0.1, -0.05) is 12.8 Å². The lowest BCUT2D eigenvalue weighted by atomic mass is 9.79. The van der Waals surface area contributed by atoms with Gasteiger partial charge in [0.15, 0.2) is 0 Å². The van der Waals surface area contributed by atoms with E-state index in [0.717, 1.165) is 25.8 Å². The predicted molar refractivity (Wildman–Crippen MR) is 51.6 cm³/mol. The normalized spacial score (nSPS) is 29.2. The Balaban J connectivity index is 2.51. The first-order valence-corrected chi connectivity index (χ1v) is 4.99. The van der Waals surface area contributed by atoms with Crippen molar-refractivity contribution in [2.75, 3.05) is 20.6 Å². The van der Waals surface area contributed by atoms with Crippen LogP contribution in [0.25, 0.3) is 0 Å². The predicted octanol–water partition coefficient (Wildman–Crippen LogP) is 1.44. The molecule has 0 bridgehead atoms. The summed E-state index contributed by atoms with van der Waals surface area (Å²) in [6.07, 6.45) is 4.23. The van der Waals surface area contributed by atoms with E-state index in [-0.39, 0.29) is 5.92 Å². The molecule has 0 heterocycles. The molecule has 1 saturated carbocycles. The van der Waals surface area contributed by atoms with Crippen LogP contribution in [0.1, 0.15) is 25.7 Å². The van der Waals surface area contributed by atoms with Gasteiger partial charge in [0.25, 0.3) is 0 Å². The Morgan fingerprint density at radius 3 is 2.54 bits per heavy atom. The first-order chi connectivity index (χ1) is 6.11. The van der Waals surface area contributed by atoms with Gasteiger partial charge in [-0.05, 0) is 32.9 Å². The molecule has 0 radical (unpaired) electrons. The van der Waals surface area contributed by atoms with Gasteiger partial charge in [-0.15, -0.1) is 0 Å². The second-order valence-electron chi connectivity index (χ2n) is 4.25. The van der Waals surface area contributed by atoms with Gasteiger partial charge in [0.2, 0.25) is 0 Å². The summed E-state index contributed by atoms with van der Waals surface area (Å²) in [5.41, 5.74) is 0. The fourth-order valence-corrected chi connectivity index (χ4v) is 2.22. The molecule has 0 amide bonds. The molecule has 0 aromatic rings. The smallest absolute Gasteiger partial charge is 0.306 e. The summed E-state index contributed by atoms with van der Waals surface area (Å²) in [6, 6.07) is 0. The number of carboxylic acid groups (broad SMARTS) is 1. The maximum Gasteiger partial charge on any atom is 0.306 e. The van der Waals surface area contributed by atoms with Crippen molar-refractivity contribution in [1.29, 1.82) is 0 Å². The standard InChI is InChI=1S/C10H19NO2/c1-11(2)7-8-5-3-4-6-9(8)10(12)13/h8-9H,3-7H2,1-2H3,(H,12,13). The van der Waals surface area contributed by atoms with Crippen LogP contribution in [0.4, 0.5) is 0 Å². The van der Waals surface area contributed by atoms with Gasteiger partial charge in [-0.2, -0.15) is 0 Å². The molecule has 76 valence electrons. The quantitative estimate of drug-likeness (QED) is 0.723. The summed E-state index contributed by atoms with van der Waals surface area (Å²) in [4.78, 5) is 13.0. The van der Waals surface area contributed by atoms with Gasteiger partial charge in [0.1, 0.15) is 0 Å². The molecule has 3 nitrogen and oxygen atoms in total. The van der Waals surface area contributed by atoms with Crippen LogP contribution in [-0.4, -0.2) is 36.6 Å². The molecule has 2 unspecified atom stereocenters. The van der Waals surface area contributed by atoms with Gasteiger partial charge < -0.3 is 10.0 Å². The molecule has 0 aromatic carbocycles. The van der Waals surface area contributed by atoms with Crippen molar-refractivity contribution in [2.24, 2.45) is 11.8 Å². The number of rotatable bonds is 3. The Kier molecular flexibility index (Phi) is 3.72. The van der Waals surface area contributed by atoms with Crippen LogP contribution in [0.3, 0.4) is 0 Å². The van der Waals surface area contributed by atoms with E-state index in [1.54, 1.807) is 0 Å². The third-order valence-electron chi connectivity index (χ3n) is 2.83. The highest BCUT2D eigenvalue weighted by atomic mass is 16.4. The Hall–Kier alpha value is -0.570. The van der Waals surface area contributed by atoms with Gasteiger partial charge in [0.05, 0.1) is 5.92 Å². The van der Waals surface area contributed by atoms with E-state index in [4.69, 9.17) is 5.11 Å². The van der Waals surface area contributed by atoms with Crippen LogP contribution in [-0.2, 0) is 4.79 Å². The second kappa shape index (κ2) is 4.61. The van der Waals surface area contributed by atoms with E-state index in [0.29, 0.717) is 5.92 Å². The monoisotopic (exact) mass is 185 g/mol. The molecule has 13 heavy (non-hydrogen) atoms. The number of carboxylic acids is 1. The lowest BCUT2D eigenvalue weighted by Gasteiger charge is -2.30. The maximum atomic E-state index is 10.9. The van der Waals surface area contributed by atoms with Crippen molar-refractivity contribution in [3.8, 4) is 0 Å². The van der Waals surface area contributed by atoms with E-state index in [2.05, 4.69) is 4.90 Å². The van der Waals surface area contributed by atoms with E-state index >= 15 is 0 Å². The van der Waals surface area contributed by atoms with Crippen LogP contribution < -0.4 is 0 Å². The first kappa shape index (κ1) is 10.5. The zero-order chi connectivity index (χ0) is 9.84. The highest BCUT2D eigenvalue weighted by Crippen LogP contribution is 2.30. The number of nitrogens with zero attached hydrogens (tertiary/aromatic N) is 1. The Labute approximate surface area is 79.7 Å². The Bertz CT molecular complexity index is 180. The molecule has 1 aliphatic rings. The highest BCUT2D eigenvalue weighted by Gasteiger charge is 2.30. The molecule has 0 spiro atoms. The zero-order valence-electron chi connectivity index (χ0n) is 8.49. The van der Waals surface area contributed by atoms with Crippen LogP contribution in [0, 0.1) is 11.8 Å². The average molecular weight is 185 g/mol. The van der Waals surface area contributed by atoms with Gasteiger partial charge in [-0.25, -0.2) is 0 Å². The molecule has 1 N–H and O–H groups in total. The van der Waals surface area contributed by atoms with Crippen molar-refractivity contribution in [2.45, 2.75) is 25.7 Å². The third-order valence-corrected chi connectivity index (χ3v) is 2.83. The molecular formula is C10H19NO2.